The molecule has 0 aliphatic heterocycles. The van der Waals surface area contributed by atoms with Gasteiger partial charge < -0.3 is 10.1 Å². The summed E-state index contributed by atoms with van der Waals surface area (Å²) in [4.78, 5) is 15.3. The second kappa shape index (κ2) is 4.71. The molecule has 0 bridgehead atoms. The molecule has 0 aliphatic rings. The van der Waals surface area contributed by atoms with Crippen molar-refractivity contribution < 1.29 is 9.53 Å². The molecule has 1 aromatic heterocycles. The van der Waals surface area contributed by atoms with E-state index in [1.807, 2.05) is 32.0 Å². The molecule has 0 spiro atoms. The summed E-state index contributed by atoms with van der Waals surface area (Å²) in [6.45, 7) is 5.41. The van der Waals surface area contributed by atoms with E-state index in [4.69, 9.17) is 4.74 Å². The number of amides is 1. The Morgan fingerprint density at radius 1 is 1.47 bits per heavy atom. The van der Waals surface area contributed by atoms with Crippen LogP contribution < -0.4 is 10.1 Å². The van der Waals surface area contributed by atoms with Crippen molar-refractivity contribution >= 4 is 32.6 Å². The molecule has 2 rings (SSSR count). The third-order valence-electron chi connectivity index (χ3n) is 2.03. The molecular weight excluding hydrogens is 236 g/mol. The van der Waals surface area contributed by atoms with Gasteiger partial charge >= 0.3 is 0 Å². The summed E-state index contributed by atoms with van der Waals surface area (Å²) in [5, 5.41) is 3.29. The summed E-state index contributed by atoms with van der Waals surface area (Å²) in [6, 6.07) is 5.78. The number of nitrogens with one attached hydrogen (secondary N) is 1. The number of carbonyl (C=O) groups excluding carboxylic acids is 1. The van der Waals surface area contributed by atoms with Gasteiger partial charge in [0.15, 0.2) is 5.13 Å². The van der Waals surface area contributed by atoms with Crippen molar-refractivity contribution in [1.82, 2.24) is 4.98 Å². The van der Waals surface area contributed by atoms with Crippen molar-refractivity contribution in [1.29, 1.82) is 0 Å². The molecular formula is C12H14N2O2S. The van der Waals surface area contributed by atoms with Crippen molar-refractivity contribution in [3.8, 4) is 5.75 Å². The first-order valence-corrected chi connectivity index (χ1v) is 6.21. The van der Waals surface area contributed by atoms with E-state index in [2.05, 4.69) is 10.3 Å². The molecule has 0 radical (unpaired) electrons. The second-order valence-corrected chi connectivity index (χ2v) is 5.00. The highest BCUT2D eigenvalue weighted by Gasteiger charge is 2.10. The molecule has 5 heteroatoms. The molecule has 2 aromatic rings. The number of fused-ring (bicyclic) bond motifs is 1. The Labute approximate surface area is 104 Å². The molecule has 17 heavy (non-hydrogen) atoms. The number of para-hydroxylation sites is 1. The number of hydrogen-bond acceptors (Lipinski definition) is 4. The Bertz CT molecular complexity index is 548. The summed E-state index contributed by atoms with van der Waals surface area (Å²) in [5.74, 6) is 0.640. The lowest BCUT2D eigenvalue weighted by Gasteiger charge is -2.09. The highest BCUT2D eigenvalue weighted by molar-refractivity contribution is 7.22. The standard InChI is InChI=1S/C12H14N2O2S/c1-7(2)16-9-5-4-6-10-11(9)14-12(17-10)13-8(3)15/h4-7H,1-3H3,(H,13,14,15). The van der Waals surface area contributed by atoms with E-state index in [-0.39, 0.29) is 12.0 Å². The zero-order chi connectivity index (χ0) is 12.4. The fraction of sp³-hybridized carbons (Fsp3) is 0.333. The lowest BCUT2D eigenvalue weighted by atomic mass is 10.3. The predicted molar refractivity (Wildman–Crippen MR) is 69.7 cm³/mol. The van der Waals surface area contributed by atoms with Crippen LogP contribution in [0.2, 0.25) is 0 Å². The third kappa shape index (κ3) is 2.74. The Hall–Kier alpha value is -1.62. The van der Waals surface area contributed by atoms with Gasteiger partial charge in [0.1, 0.15) is 11.3 Å². The van der Waals surface area contributed by atoms with Crippen LogP contribution in [0.4, 0.5) is 5.13 Å². The molecule has 1 heterocycles. The van der Waals surface area contributed by atoms with Crippen molar-refractivity contribution in [2.24, 2.45) is 0 Å². The number of anilines is 1. The van der Waals surface area contributed by atoms with Crippen molar-refractivity contribution in [3.05, 3.63) is 18.2 Å². The first-order valence-electron chi connectivity index (χ1n) is 5.40. The van der Waals surface area contributed by atoms with Crippen LogP contribution in [0.5, 0.6) is 5.75 Å². The Morgan fingerprint density at radius 2 is 2.24 bits per heavy atom. The SMILES string of the molecule is CC(=O)Nc1nc2c(OC(C)C)cccc2s1. The molecule has 1 aromatic carbocycles. The molecule has 0 atom stereocenters. The van der Waals surface area contributed by atoms with Gasteiger partial charge in [0, 0.05) is 6.92 Å². The van der Waals surface area contributed by atoms with Gasteiger partial charge in [-0.15, -0.1) is 0 Å². The van der Waals surface area contributed by atoms with E-state index < -0.39 is 0 Å². The van der Waals surface area contributed by atoms with Gasteiger partial charge in [-0.1, -0.05) is 17.4 Å². The highest BCUT2D eigenvalue weighted by Crippen LogP contribution is 2.32. The van der Waals surface area contributed by atoms with Gasteiger partial charge in [0.25, 0.3) is 0 Å². The van der Waals surface area contributed by atoms with Crippen molar-refractivity contribution in [3.63, 3.8) is 0 Å². The summed E-state index contributed by atoms with van der Waals surface area (Å²) in [5.41, 5.74) is 0.801. The van der Waals surface area contributed by atoms with Gasteiger partial charge in [-0.25, -0.2) is 4.98 Å². The lowest BCUT2D eigenvalue weighted by molar-refractivity contribution is -0.114. The van der Waals surface area contributed by atoms with E-state index in [9.17, 15) is 4.79 Å². The van der Waals surface area contributed by atoms with Crippen LogP contribution >= 0.6 is 11.3 Å². The summed E-state index contributed by atoms with van der Waals surface area (Å²) in [7, 11) is 0. The van der Waals surface area contributed by atoms with E-state index in [1.165, 1.54) is 18.3 Å². The predicted octanol–water partition coefficient (Wildman–Crippen LogP) is 3.04. The highest BCUT2D eigenvalue weighted by atomic mass is 32.1. The molecule has 0 fully saturated rings. The number of hydrogen-bond donors (Lipinski definition) is 1. The van der Waals surface area contributed by atoms with Gasteiger partial charge in [0.2, 0.25) is 5.91 Å². The Kier molecular flexibility index (Phi) is 3.28. The van der Waals surface area contributed by atoms with Gasteiger partial charge in [-0.3, -0.25) is 4.79 Å². The van der Waals surface area contributed by atoms with Crippen LogP contribution in [0.15, 0.2) is 18.2 Å². The van der Waals surface area contributed by atoms with Crippen LogP contribution in [-0.4, -0.2) is 17.0 Å². The Balaban J connectivity index is 2.41. The molecule has 0 unspecified atom stereocenters. The van der Waals surface area contributed by atoms with Crippen LogP contribution in [0, 0.1) is 0 Å². The maximum atomic E-state index is 11.0. The van der Waals surface area contributed by atoms with Crippen molar-refractivity contribution in [2.75, 3.05) is 5.32 Å². The fourth-order valence-corrected chi connectivity index (χ4v) is 2.41. The van der Waals surface area contributed by atoms with E-state index in [1.54, 1.807) is 0 Å². The van der Waals surface area contributed by atoms with Crippen LogP contribution in [0.3, 0.4) is 0 Å². The summed E-state index contributed by atoms with van der Waals surface area (Å²) < 4.78 is 6.68. The van der Waals surface area contributed by atoms with E-state index in [0.29, 0.717) is 5.13 Å². The van der Waals surface area contributed by atoms with E-state index >= 15 is 0 Å². The minimum absolute atomic E-state index is 0.103. The van der Waals surface area contributed by atoms with Crippen LogP contribution in [0.25, 0.3) is 10.2 Å². The minimum Gasteiger partial charge on any atom is -0.489 e. The first-order chi connectivity index (χ1) is 8.06. The maximum absolute atomic E-state index is 11.0. The minimum atomic E-state index is -0.115. The van der Waals surface area contributed by atoms with Crippen molar-refractivity contribution in [2.45, 2.75) is 26.9 Å². The van der Waals surface area contributed by atoms with Gasteiger partial charge in [-0.2, -0.15) is 0 Å². The van der Waals surface area contributed by atoms with Gasteiger partial charge in [-0.05, 0) is 26.0 Å². The lowest BCUT2D eigenvalue weighted by Crippen LogP contribution is -2.06. The quantitative estimate of drug-likeness (QED) is 0.911. The maximum Gasteiger partial charge on any atom is 0.223 e. The number of thiazole rings is 1. The zero-order valence-corrected chi connectivity index (χ0v) is 10.8. The molecule has 0 saturated heterocycles. The largest absolute Gasteiger partial charge is 0.489 e. The molecule has 90 valence electrons. The molecule has 0 saturated carbocycles. The van der Waals surface area contributed by atoms with Crippen LogP contribution in [-0.2, 0) is 4.79 Å². The number of nitrogens with zero attached hydrogens (tertiary/aromatic N) is 1. The average molecular weight is 250 g/mol. The summed E-state index contributed by atoms with van der Waals surface area (Å²) >= 11 is 1.44. The molecule has 4 nitrogen and oxygen atoms in total. The zero-order valence-electron chi connectivity index (χ0n) is 9.98. The van der Waals surface area contributed by atoms with Crippen LogP contribution in [0.1, 0.15) is 20.8 Å². The number of rotatable bonds is 3. The average Bonchev–Trinajstić information content (AvgIpc) is 2.59. The topological polar surface area (TPSA) is 51.2 Å². The number of carbonyl (C=O) groups is 1. The van der Waals surface area contributed by atoms with E-state index in [0.717, 1.165) is 16.0 Å². The number of benzene rings is 1. The fourth-order valence-electron chi connectivity index (χ4n) is 1.48. The third-order valence-corrected chi connectivity index (χ3v) is 2.96. The first kappa shape index (κ1) is 11.9. The molecule has 0 aliphatic carbocycles. The second-order valence-electron chi connectivity index (χ2n) is 3.97. The van der Waals surface area contributed by atoms with Gasteiger partial charge in [0.05, 0.1) is 10.8 Å². The smallest absolute Gasteiger partial charge is 0.223 e. The molecule has 1 N–H and O–H groups in total. The monoisotopic (exact) mass is 250 g/mol. The summed E-state index contributed by atoms with van der Waals surface area (Å²) in [6.07, 6.45) is 0.103. The number of aromatic nitrogens is 1. The molecule has 1 amide bonds. The number of ether oxygens (including phenoxy) is 1. The Morgan fingerprint density at radius 3 is 2.88 bits per heavy atom. The normalized spacial score (nSPS) is 10.8.